The first-order valence-corrected chi connectivity index (χ1v) is 5.35. The molecule has 0 heterocycles. The van der Waals surface area contributed by atoms with Crippen LogP contribution in [0, 0.1) is 0 Å². The zero-order valence-corrected chi connectivity index (χ0v) is 10.2. The molecular formula is C12H11BrO2. The lowest BCUT2D eigenvalue weighted by atomic mass is 10.1. The Balaban J connectivity index is 2.72. The van der Waals surface area contributed by atoms with Crippen LogP contribution >= 0.6 is 15.9 Å². The fourth-order valence-corrected chi connectivity index (χ4v) is 2.03. The van der Waals surface area contributed by atoms with Crippen molar-refractivity contribution in [3.8, 4) is 11.5 Å². The third kappa shape index (κ3) is 1.92. The second-order valence-electron chi connectivity index (χ2n) is 3.20. The molecule has 0 saturated heterocycles. The second kappa shape index (κ2) is 4.11. The van der Waals surface area contributed by atoms with Gasteiger partial charge in [0.15, 0.2) is 0 Å². The molecule has 0 spiro atoms. The Kier molecular flexibility index (Phi) is 2.82. The number of ether oxygens (including phenoxy) is 2. The van der Waals surface area contributed by atoms with Gasteiger partial charge in [-0.1, -0.05) is 15.9 Å². The molecule has 2 rings (SSSR count). The lowest BCUT2D eigenvalue weighted by molar-refractivity contribution is 0.414. The van der Waals surface area contributed by atoms with Gasteiger partial charge in [0, 0.05) is 9.86 Å². The summed E-state index contributed by atoms with van der Waals surface area (Å²) in [5.74, 6) is 1.71. The highest BCUT2D eigenvalue weighted by Crippen LogP contribution is 2.32. The van der Waals surface area contributed by atoms with Crippen molar-refractivity contribution in [2.24, 2.45) is 0 Å². The van der Waals surface area contributed by atoms with E-state index >= 15 is 0 Å². The molecule has 0 radical (unpaired) electrons. The molecule has 0 amide bonds. The minimum atomic E-state index is 0.850. The van der Waals surface area contributed by atoms with Gasteiger partial charge in [-0.2, -0.15) is 0 Å². The van der Waals surface area contributed by atoms with Crippen molar-refractivity contribution < 1.29 is 9.47 Å². The molecular weight excluding hydrogens is 256 g/mol. The largest absolute Gasteiger partial charge is 0.497 e. The number of benzene rings is 2. The summed E-state index contributed by atoms with van der Waals surface area (Å²) in [7, 11) is 3.34. The monoisotopic (exact) mass is 266 g/mol. The first-order valence-electron chi connectivity index (χ1n) is 4.56. The van der Waals surface area contributed by atoms with Gasteiger partial charge in [-0.15, -0.1) is 0 Å². The lowest BCUT2D eigenvalue weighted by Crippen LogP contribution is -1.87. The van der Waals surface area contributed by atoms with Gasteiger partial charge in [0.1, 0.15) is 11.5 Å². The van der Waals surface area contributed by atoms with Crippen LogP contribution in [0.5, 0.6) is 11.5 Å². The SMILES string of the molecule is COc1ccc2c(OC)cc(Br)cc2c1. The van der Waals surface area contributed by atoms with Gasteiger partial charge < -0.3 is 9.47 Å². The van der Waals surface area contributed by atoms with Gasteiger partial charge in [0.2, 0.25) is 0 Å². The highest BCUT2D eigenvalue weighted by molar-refractivity contribution is 9.10. The van der Waals surface area contributed by atoms with Gasteiger partial charge in [-0.25, -0.2) is 0 Å². The van der Waals surface area contributed by atoms with E-state index in [0.717, 1.165) is 26.7 Å². The molecule has 78 valence electrons. The van der Waals surface area contributed by atoms with Crippen LogP contribution in [0.1, 0.15) is 0 Å². The molecule has 3 heteroatoms. The van der Waals surface area contributed by atoms with E-state index in [2.05, 4.69) is 15.9 Å². The van der Waals surface area contributed by atoms with Crippen LogP contribution < -0.4 is 9.47 Å². The molecule has 0 saturated carbocycles. The van der Waals surface area contributed by atoms with Crippen molar-refractivity contribution in [3.05, 3.63) is 34.8 Å². The quantitative estimate of drug-likeness (QED) is 0.827. The molecule has 0 N–H and O–H groups in total. The second-order valence-corrected chi connectivity index (χ2v) is 4.11. The van der Waals surface area contributed by atoms with Crippen LogP contribution in [-0.2, 0) is 0 Å². The Bertz CT molecular complexity index is 494. The Morgan fingerprint density at radius 2 is 1.80 bits per heavy atom. The van der Waals surface area contributed by atoms with E-state index in [9.17, 15) is 0 Å². The minimum absolute atomic E-state index is 0.850. The summed E-state index contributed by atoms with van der Waals surface area (Å²) in [5, 5.41) is 2.18. The Hall–Kier alpha value is -1.22. The van der Waals surface area contributed by atoms with Crippen molar-refractivity contribution in [3.63, 3.8) is 0 Å². The van der Waals surface area contributed by atoms with Crippen LogP contribution in [0.3, 0.4) is 0 Å². The molecule has 2 aromatic rings. The number of hydrogen-bond donors (Lipinski definition) is 0. The Morgan fingerprint density at radius 3 is 2.47 bits per heavy atom. The van der Waals surface area contributed by atoms with Crippen LogP contribution in [0.4, 0.5) is 0 Å². The van der Waals surface area contributed by atoms with Crippen molar-refractivity contribution >= 4 is 26.7 Å². The summed E-state index contributed by atoms with van der Waals surface area (Å²) >= 11 is 3.45. The van der Waals surface area contributed by atoms with Gasteiger partial charge in [0.05, 0.1) is 14.2 Å². The van der Waals surface area contributed by atoms with Crippen LogP contribution in [0.15, 0.2) is 34.8 Å². The molecule has 15 heavy (non-hydrogen) atoms. The van der Waals surface area contributed by atoms with Crippen LogP contribution in [0.25, 0.3) is 10.8 Å². The molecule has 0 fully saturated rings. The van der Waals surface area contributed by atoms with Gasteiger partial charge in [-0.3, -0.25) is 0 Å². The molecule has 2 aromatic carbocycles. The number of rotatable bonds is 2. The maximum atomic E-state index is 5.31. The molecule has 0 aliphatic heterocycles. The highest BCUT2D eigenvalue weighted by Gasteiger charge is 2.04. The van der Waals surface area contributed by atoms with E-state index < -0.39 is 0 Å². The van der Waals surface area contributed by atoms with Gasteiger partial charge in [-0.05, 0) is 35.7 Å². The first-order chi connectivity index (χ1) is 7.24. The summed E-state index contributed by atoms with van der Waals surface area (Å²) in [4.78, 5) is 0. The van der Waals surface area contributed by atoms with E-state index in [4.69, 9.17) is 9.47 Å². The predicted octanol–water partition coefficient (Wildman–Crippen LogP) is 3.62. The molecule has 0 aliphatic rings. The maximum absolute atomic E-state index is 5.31. The molecule has 0 bridgehead atoms. The number of hydrogen-bond acceptors (Lipinski definition) is 2. The van der Waals surface area contributed by atoms with Crippen molar-refractivity contribution in [1.82, 2.24) is 0 Å². The average molecular weight is 267 g/mol. The van der Waals surface area contributed by atoms with Crippen molar-refractivity contribution in [1.29, 1.82) is 0 Å². The molecule has 0 atom stereocenters. The maximum Gasteiger partial charge on any atom is 0.127 e. The normalized spacial score (nSPS) is 10.3. The minimum Gasteiger partial charge on any atom is -0.497 e. The van der Waals surface area contributed by atoms with Crippen LogP contribution in [0.2, 0.25) is 0 Å². The zero-order chi connectivity index (χ0) is 10.8. The third-order valence-corrected chi connectivity index (χ3v) is 2.76. The number of fused-ring (bicyclic) bond motifs is 1. The standard InChI is InChI=1S/C12H11BrO2/c1-14-10-3-4-11-8(6-10)5-9(13)7-12(11)15-2/h3-7H,1-2H3. The van der Waals surface area contributed by atoms with E-state index in [1.165, 1.54) is 0 Å². The molecule has 2 nitrogen and oxygen atoms in total. The Morgan fingerprint density at radius 1 is 1.00 bits per heavy atom. The summed E-state index contributed by atoms with van der Waals surface area (Å²) in [6.07, 6.45) is 0. The molecule has 0 aromatic heterocycles. The topological polar surface area (TPSA) is 18.5 Å². The van der Waals surface area contributed by atoms with E-state index in [0.29, 0.717) is 0 Å². The van der Waals surface area contributed by atoms with Crippen LogP contribution in [-0.4, -0.2) is 14.2 Å². The Labute approximate surface area is 96.9 Å². The zero-order valence-electron chi connectivity index (χ0n) is 8.58. The fourth-order valence-electron chi connectivity index (χ4n) is 1.57. The predicted molar refractivity (Wildman–Crippen MR) is 64.8 cm³/mol. The molecule has 0 aliphatic carbocycles. The van der Waals surface area contributed by atoms with Gasteiger partial charge >= 0.3 is 0 Å². The van der Waals surface area contributed by atoms with E-state index in [-0.39, 0.29) is 0 Å². The van der Waals surface area contributed by atoms with Crippen molar-refractivity contribution in [2.45, 2.75) is 0 Å². The highest BCUT2D eigenvalue weighted by atomic mass is 79.9. The number of halogens is 1. The fraction of sp³-hybridized carbons (Fsp3) is 0.167. The lowest BCUT2D eigenvalue weighted by Gasteiger charge is -2.07. The van der Waals surface area contributed by atoms with Gasteiger partial charge in [0.25, 0.3) is 0 Å². The summed E-state index contributed by atoms with van der Waals surface area (Å²) in [6.45, 7) is 0. The smallest absolute Gasteiger partial charge is 0.127 e. The summed E-state index contributed by atoms with van der Waals surface area (Å²) in [5.41, 5.74) is 0. The summed E-state index contributed by atoms with van der Waals surface area (Å²) < 4.78 is 11.5. The number of methoxy groups -OCH3 is 2. The molecule has 0 unspecified atom stereocenters. The first kappa shape index (κ1) is 10.3. The third-order valence-electron chi connectivity index (χ3n) is 2.31. The van der Waals surface area contributed by atoms with E-state index in [1.54, 1.807) is 14.2 Å². The van der Waals surface area contributed by atoms with E-state index in [1.807, 2.05) is 30.3 Å². The van der Waals surface area contributed by atoms with Crippen molar-refractivity contribution in [2.75, 3.05) is 14.2 Å². The summed E-state index contributed by atoms with van der Waals surface area (Å²) in [6, 6.07) is 9.91. The average Bonchev–Trinajstić information content (AvgIpc) is 2.26.